The molecule has 0 heterocycles. The van der Waals surface area contributed by atoms with Crippen molar-refractivity contribution in [3.63, 3.8) is 0 Å². The van der Waals surface area contributed by atoms with Gasteiger partial charge in [-0.2, -0.15) is 0 Å². The van der Waals surface area contributed by atoms with E-state index in [-0.39, 0.29) is 5.41 Å². The second-order valence-electron chi connectivity index (χ2n) is 5.86. The van der Waals surface area contributed by atoms with E-state index in [1.54, 1.807) is 0 Å². The smallest absolute Gasteiger partial charge is 0.0187 e. The first-order valence-electron chi connectivity index (χ1n) is 6.95. The standard InChI is InChI=1S/C16H25N/c1-4-12-17-15(13-10-11-13)16(2,3)14-8-6-5-7-9-14/h5-9,13,15,17H,4,10-12H2,1-3H3. The van der Waals surface area contributed by atoms with Crippen molar-refractivity contribution < 1.29 is 0 Å². The maximum absolute atomic E-state index is 3.77. The Kier molecular flexibility index (Phi) is 3.88. The molecule has 2 rings (SSSR count). The minimum Gasteiger partial charge on any atom is -0.313 e. The summed E-state index contributed by atoms with van der Waals surface area (Å²) in [4.78, 5) is 0. The van der Waals surface area contributed by atoms with E-state index in [1.807, 2.05) is 0 Å². The minimum absolute atomic E-state index is 0.234. The normalized spacial score (nSPS) is 18.1. The van der Waals surface area contributed by atoms with E-state index in [1.165, 1.54) is 24.8 Å². The number of hydrogen-bond acceptors (Lipinski definition) is 1. The zero-order valence-electron chi connectivity index (χ0n) is 11.4. The number of hydrogen-bond donors (Lipinski definition) is 1. The highest BCUT2D eigenvalue weighted by Gasteiger charge is 2.41. The van der Waals surface area contributed by atoms with Crippen molar-refractivity contribution in [3.05, 3.63) is 35.9 Å². The van der Waals surface area contributed by atoms with Crippen molar-refractivity contribution in [1.82, 2.24) is 5.32 Å². The van der Waals surface area contributed by atoms with Gasteiger partial charge in [-0.1, -0.05) is 51.1 Å². The monoisotopic (exact) mass is 231 g/mol. The zero-order valence-corrected chi connectivity index (χ0v) is 11.4. The van der Waals surface area contributed by atoms with Crippen LogP contribution in [0.5, 0.6) is 0 Å². The van der Waals surface area contributed by atoms with Crippen LogP contribution in [0.2, 0.25) is 0 Å². The maximum atomic E-state index is 3.77. The lowest BCUT2D eigenvalue weighted by atomic mass is 9.75. The fourth-order valence-electron chi connectivity index (χ4n) is 2.79. The topological polar surface area (TPSA) is 12.0 Å². The molecule has 1 atom stereocenters. The molecule has 1 aromatic rings. The number of benzene rings is 1. The van der Waals surface area contributed by atoms with Gasteiger partial charge in [-0.15, -0.1) is 0 Å². The Hall–Kier alpha value is -0.820. The summed E-state index contributed by atoms with van der Waals surface area (Å²) in [6.07, 6.45) is 4.02. The van der Waals surface area contributed by atoms with Crippen molar-refractivity contribution in [1.29, 1.82) is 0 Å². The quantitative estimate of drug-likeness (QED) is 0.786. The second kappa shape index (κ2) is 5.22. The van der Waals surface area contributed by atoms with Crippen LogP contribution in [0, 0.1) is 5.92 Å². The maximum Gasteiger partial charge on any atom is 0.0187 e. The van der Waals surface area contributed by atoms with Gasteiger partial charge in [-0.25, -0.2) is 0 Å². The molecule has 1 aliphatic rings. The summed E-state index contributed by atoms with van der Waals surface area (Å²) in [6, 6.07) is 11.6. The molecule has 0 bridgehead atoms. The van der Waals surface area contributed by atoms with Gasteiger partial charge in [-0.05, 0) is 37.3 Å². The fraction of sp³-hybridized carbons (Fsp3) is 0.625. The molecular weight excluding hydrogens is 206 g/mol. The minimum atomic E-state index is 0.234. The van der Waals surface area contributed by atoms with Crippen LogP contribution in [-0.2, 0) is 5.41 Å². The first-order chi connectivity index (χ1) is 8.16. The van der Waals surface area contributed by atoms with Crippen molar-refractivity contribution in [2.75, 3.05) is 6.54 Å². The lowest BCUT2D eigenvalue weighted by Gasteiger charge is -2.36. The molecule has 17 heavy (non-hydrogen) atoms. The molecule has 0 amide bonds. The molecule has 1 fully saturated rings. The van der Waals surface area contributed by atoms with Crippen LogP contribution in [-0.4, -0.2) is 12.6 Å². The second-order valence-corrected chi connectivity index (χ2v) is 5.86. The van der Waals surface area contributed by atoms with Gasteiger partial charge in [0.05, 0.1) is 0 Å². The molecule has 1 aromatic carbocycles. The van der Waals surface area contributed by atoms with Crippen LogP contribution in [0.3, 0.4) is 0 Å². The van der Waals surface area contributed by atoms with Crippen LogP contribution in [0.25, 0.3) is 0 Å². The average molecular weight is 231 g/mol. The van der Waals surface area contributed by atoms with Crippen molar-refractivity contribution in [2.45, 2.75) is 51.5 Å². The van der Waals surface area contributed by atoms with Crippen LogP contribution in [0.15, 0.2) is 30.3 Å². The molecular formula is C16H25N. The zero-order chi connectivity index (χ0) is 12.3. The fourth-order valence-corrected chi connectivity index (χ4v) is 2.79. The Bertz CT molecular complexity index is 338. The lowest BCUT2D eigenvalue weighted by Crippen LogP contribution is -2.46. The van der Waals surface area contributed by atoms with E-state index in [2.05, 4.69) is 56.4 Å². The van der Waals surface area contributed by atoms with E-state index in [0.29, 0.717) is 6.04 Å². The molecule has 0 aromatic heterocycles. The van der Waals surface area contributed by atoms with Gasteiger partial charge in [0.1, 0.15) is 0 Å². The molecule has 1 N–H and O–H groups in total. The summed E-state index contributed by atoms with van der Waals surface area (Å²) >= 11 is 0. The summed E-state index contributed by atoms with van der Waals surface area (Å²) in [6.45, 7) is 8.14. The van der Waals surface area contributed by atoms with E-state index >= 15 is 0 Å². The van der Waals surface area contributed by atoms with Gasteiger partial charge in [-0.3, -0.25) is 0 Å². The van der Waals surface area contributed by atoms with E-state index < -0.39 is 0 Å². The molecule has 0 spiro atoms. The van der Waals surface area contributed by atoms with Gasteiger partial charge < -0.3 is 5.32 Å². The van der Waals surface area contributed by atoms with Gasteiger partial charge in [0, 0.05) is 11.5 Å². The third-order valence-electron chi connectivity index (χ3n) is 4.00. The highest BCUT2D eigenvalue weighted by atomic mass is 14.9. The Morgan fingerprint density at radius 1 is 1.24 bits per heavy atom. The Morgan fingerprint density at radius 2 is 1.88 bits per heavy atom. The first kappa shape index (κ1) is 12.6. The molecule has 1 unspecified atom stereocenters. The van der Waals surface area contributed by atoms with Crippen LogP contribution >= 0.6 is 0 Å². The van der Waals surface area contributed by atoms with Gasteiger partial charge in [0.15, 0.2) is 0 Å². The molecule has 94 valence electrons. The Labute approximate surface area is 106 Å². The van der Waals surface area contributed by atoms with Gasteiger partial charge in [0.2, 0.25) is 0 Å². The van der Waals surface area contributed by atoms with Gasteiger partial charge in [0.25, 0.3) is 0 Å². The predicted octanol–water partition coefficient (Wildman–Crippen LogP) is 3.74. The summed E-state index contributed by atoms with van der Waals surface area (Å²) in [5.74, 6) is 0.886. The predicted molar refractivity (Wildman–Crippen MR) is 74.3 cm³/mol. The van der Waals surface area contributed by atoms with Crippen molar-refractivity contribution in [3.8, 4) is 0 Å². The average Bonchev–Trinajstić information content (AvgIpc) is 3.15. The first-order valence-corrected chi connectivity index (χ1v) is 6.95. The Balaban J connectivity index is 2.15. The third kappa shape index (κ3) is 2.90. The summed E-state index contributed by atoms with van der Waals surface area (Å²) in [7, 11) is 0. The van der Waals surface area contributed by atoms with E-state index in [0.717, 1.165) is 12.5 Å². The summed E-state index contributed by atoms with van der Waals surface area (Å²) in [5, 5.41) is 3.77. The molecule has 0 saturated heterocycles. The molecule has 0 aliphatic heterocycles. The summed E-state index contributed by atoms with van der Waals surface area (Å²) < 4.78 is 0. The third-order valence-corrected chi connectivity index (χ3v) is 4.00. The summed E-state index contributed by atoms with van der Waals surface area (Å²) in [5.41, 5.74) is 1.69. The lowest BCUT2D eigenvalue weighted by molar-refractivity contribution is 0.308. The van der Waals surface area contributed by atoms with Crippen LogP contribution < -0.4 is 5.32 Å². The molecule has 1 aliphatic carbocycles. The molecule has 0 radical (unpaired) electrons. The number of rotatable bonds is 6. The van der Waals surface area contributed by atoms with Crippen molar-refractivity contribution in [2.24, 2.45) is 5.92 Å². The highest BCUT2D eigenvalue weighted by molar-refractivity contribution is 5.26. The Morgan fingerprint density at radius 3 is 2.41 bits per heavy atom. The SMILES string of the molecule is CCCNC(C1CC1)C(C)(C)c1ccccc1. The van der Waals surface area contributed by atoms with Gasteiger partial charge >= 0.3 is 0 Å². The number of nitrogens with one attached hydrogen (secondary N) is 1. The highest BCUT2D eigenvalue weighted by Crippen LogP contribution is 2.42. The van der Waals surface area contributed by atoms with E-state index in [9.17, 15) is 0 Å². The largest absolute Gasteiger partial charge is 0.313 e. The molecule has 1 nitrogen and oxygen atoms in total. The van der Waals surface area contributed by atoms with Crippen LogP contribution in [0.4, 0.5) is 0 Å². The van der Waals surface area contributed by atoms with Crippen molar-refractivity contribution >= 4 is 0 Å². The van der Waals surface area contributed by atoms with E-state index in [4.69, 9.17) is 0 Å². The van der Waals surface area contributed by atoms with Crippen LogP contribution in [0.1, 0.15) is 45.6 Å². The molecule has 1 saturated carbocycles. The molecule has 1 heteroatoms.